The van der Waals surface area contributed by atoms with Gasteiger partial charge in [0.2, 0.25) is 0 Å². The van der Waals surface area contributed by atoms with Gasteiger partial charge in [0.15, 0.2) is 11.5 Å². The molecule has 0 unspecified atom stereocenters. The Hall–Kier alpha value is -1.97. The molecule has 0 fully saturated rings. The number of benzene rings is 1. The van der Waals surface area contributed by atoms with Crippen molar-refractivity contribution in [3.05, 3.63) is 29.8 Å². The van der Waals surface area contributed by atoms with E-state index in [0.29, 0.717) is 24.5 Å². The van der Waals surface area contributed by atoms with Gasteiger partial charge in [-0.2, -0.15) is 0 Å². The van der Waals surface area contributed by atoms with E-state index in [2.05, 4.69) is 0 Å². The molecule has 0 atom stereocenters. The number of hydrogen-bond donors (Lipinski definition) is 1. The second-order valence-corrected chi connectivity index (χ2v) is 3.44. The first kappa shape index (κ1) is 10.5. The third kappa shape index (κ3) is 1.86. The van der Waals surface area contributed by atoms with Crippen molar-refractivity contribution in [3.8, 4) is 11.5 Å². The molecule has 0 saturated heterocycles. The van der Waals surface area contributed by atoms with Crippen LogP contribution in [-0.2, 0) is 4.79 Å². The zero-order chi connectivity index (χ0) is 11.5. The average molecular weight is 220 g/mol. The molecule has 1 heterocycles. The van der Waals surface area contributed by atoms with Gasteiger partial charge >= 0.3 is 5.97 Å². The van der Waals surface area contributed by atoms with Crippen LogP contribution in [0.5, 0.6) is 11.5 Å². The maximum Gasteiger partial charge on any atom is 0.328 e. The normalized spacial score (nSPS) is 16.4. The van der Waals surface area contributed by atoms with Crippen LogP contribution in [0.1, 0.15) is 12.0 Å². The third-order valence-electron chi connectivity index (χ3n) is 2.46. The lowest BCUT2D eigenvalue weighted by molar-refractivity contribution is -0.131. The van der Waals surface area contributed by atoms with Gasteiger partial charge in [-0.25, -0.2) is 4.79 Å². The van der Waals surface area contributed by atoms with E-state index in [1.165, 1.54) is 6.08 Å². The van der Waals surface area contributed by atoms with Crippen molar-refractivity contribution >= 4 is 11.5 Å². The quantitative estimate of drug-likeness (QED) is 0.774. The lowest BCUT2D eigenvalue weighted by Gasteiger charge is -2.21. The fraction of sp³-hybridized carbons (Fsp3) is 0.250. The summed E-state index contributed by atoms with van der Waals surface area (Å²) in [5.41, 5.74) is 1.57. The van der Waals surface area contributed by atoms with Gasteiger partial charge < -0.3 is 14.6 Å². The number of aliphatic carboxylic acids is 1. The minimum absolute atomic E-state index is 0.479. The monoisotopic (exact) mass is 220 g/mol. The Bertz CT molecular complexity index is 448. The van der Waals surface area contributed by atoms with Gasteiger partial charge in [-0.1, -0.05) is 12.1 Å². The molecule has 1 aliphatic rings. The maximum absolute atomic E-state index is 10.7. The molecule has 0 radical (unpaired) electrons. The molecule has 84 valence electrons. The molecule has 1 aromatic carbocycles. The Morgan fingerprint density at radius 3 is 3.06 bits per heavy atom. The van der Waals surface area contributed by atoms with Crippen molar-refractivity contribution in [2.45, 2.75) is 6.42 Å². The van der Waals surface area contributed by atoms with Crippen LogP contribution in [0.2, 0.25) is 0 Å². The molecule has 1 aliphatic heterocycles. The Morgan fingerprint density at radius 2 is 2.38 bits per heavy atom. The van der Waals surface area contributed by atoms with Crippen molar-refractivity contribution in [3.63, 3.8) is 0 Å². The molecule has 4 nitrogen and oxygen atoms in total. The average Bonchev–Trinajstić information content (AvgIpc) is 2.28. The number of carbonyl (C=O) groups is 1. The summed E-state index contributed by atoms with van der Waals surface area (Å²) in [6.07, 6.45) is 1.83. The molecule has 0 aromatic heterocycles. The highest BCUT2D eigenvalue weighted by atomic mass is 16.5. The van der Waals surface area contributed by atoms with Gasteiger partial charge in [-0.05, 0) is 11.6 Å². The van der Waals surface area contributed by atoms with E-state index in [0.717, 1.165) is 11.1 Å². The van der Waals surface area contributed by atoms with Crippen LogP contribution in [0.15, 0.2) is 24.3 Å². The fourth-order valence-electron chi connectivity index (χ4n) is 1.78. The summed E-state index contributed by atoms with van der Waals surface area (Å²) < 4.78 is 10.7. The predicted molar refractivity (Wildman–Crippen MR) is 58.7 cm³/mol. The van der Waals surface area contributed by atoms with E-state index in [4.69, 9.17) is 14.6 Å². The standard InChI is InChI=1S/C12H12O4/c1-15-10-4-2-3-9-8(7-11(13)14)5-6-16-12(9)10/h2-4,7H,5-6H2,1H3,(H,13,14). The van der Waals surface area contributed by atoms with Crippen LogP contribution in [0, 0.1) is 0 Å². The lowest BCUT2D eigenvalue weighted by atomic mass is 9.99. The van der Waals surface area contributed by atoms with Crippen LogP contribution in [-0.4, -0.2) is 24.8 Å². The Kier molecular flexibility index (Phi) is 2.81. The largest absolute Gasteiger partial charge is 0.493 e. The number of para-hydroxylation sites is 1. The smallest absolute Gasteiger partial charge is 0.328 e. The van der Waals surface area contributed by atoms with E-state index in [1.807, 2.05) is 12.1 Å². The Labute approximate surface area is 93.1 Å². The minimum atomic E-state index is -0.939. The van der Waals surface area contributed by atoms with E-state index >= 15 is 0 Å². The van der Waals surface area contributed by atoms with Crippen molar-refractivity contribution in [1.29, 1.82) is 0 Å². The van der Waals surface area contributed by atoms with Gasteiger partial charge in [-0.3, -0.25) is 0 Å². The topological polar surface area (TPSA) is 55.8 Å². The molecule has 0 aliphatic carbocycles. The van der Waals surface area contributed by atoms with Crippen molar-refractivity contribution in [2.24, 2.45) is 0 Å². The molecule has 1 N–H and O–H groups in total. The molecule has 0 amide bonds. The number of carboxylic acids is 1. The molecular formula is C12H12O4. The number of rotatable bonds is 2. The van der Waals surface area contributed by atoms with E-state index in [1.54, 1.807) is 13.2 Å². The first-order chi connectivity index (χ1) is 7.72. The van der Waals surface area contributed by atoms with Gasteiger partial charge in [-0.15, -0.1) is 0 Å². The molecule has 0 saturated carbocycles. The highest BCUT2D eigenvalue weighted by Crippen LogP contribution is 2.39. The van der Waals surface area contributed by atoms with Crippen LogP contribution in [0.3, 0.4) is 0 Å². The summed E-state index contributed by atoms with van der Waals surface area (Å²) in [7, 11) is 1.56. The molecule has 16 heavy (non-hydrogen) atoms. The SMILES string of the molecule is COc1cccc2c1OCCC2=CC(=O)O. The van der Waals surface area contributed by atoms with Gasteiger partial charge in [0.05, 0.1) is 13.7 Å². The third-order valence-corrected chi connectivity index (χ3v) is 2.46. The number of fused-ring (bicyclic) bond motifs is 1. The summed E-state index contributed by atoms with van der Waals surface area (Å²) in [5, 5.41) is 8.77. The summed E-state index contributed by atoms with van der Waals surface area (Å²) in [5.74, 6) is 0.322. The summed E-state index contributed by atoms with van der Waals surface area (Å²) >= 11 is 0. The van der Waals surface area contributed by atoms with Crippen LogP contribution in [0.25, 0.3) is 5.57 Å². The number of hydrogen-bond acceptors (Lipinski definition) is 3. The lowest BCUT2D eigenvalue weighted by Crippen LogP contribution is -2.10. The van der Waals surface area contributed by atoms with Gasteiger partial charge in [0.1, 0.15) is 0 Å². The molecule has 0 spiro atoms. The number of carboxylic acid groups (broad SMARTS) is 1. The zero-order valence-corrected chi connectivity index (χ0v) is 8.90. The molecular weight excluding hydrogens is 208 g/mol. The maximum atomic E-state index is 10.7. The van der Waals surface area contributed by atoms with Crippen molar-refractivity contribution in [1.82, 2.24) is 0 Å². The Balaban J connectivity index is 2.51. The number of methoxy groups -OCH3 is 1. The predicted octanol–water partition coefficient (Wildman–Crippen LogP) is 1.95. The summed E-state index contributed by atoms with van der Waals surface area (Å²) in [6, 6.07) is 5.45. The second kappa shape index (κ2) is 4.26. The summed E-state index contributed by atoms with van der Waals surface area (Å²) in [4.78, 5) is 10.7. The van der Waals surface area contributed by atoms with Crippen LogP contribution < -0.4 is 9.47 Å². The van der Waals surface area contributed by atoms with Gasteiger partial charge in [0.25, 0.3) is 0 Å². The fourth-order valence-corrected chi connectivity index (χ4v) is 1.78. The van der Waals surface area contributed by atoms with Crippen LogP contribution in [0.4, 0.5) is 0 Å². The molecule has 1 aromatic rings. The number of ether oxygens (including phenoxy) is 2. The van der Waals surface area contributed by atoms with E-state index < -0.39 is 5.97 Å². The Morgan fingerprint density at radius 1 is 1.56 bits per heavy atom. The minimum Gasteiger partial charge on any atom is -0.493 e. The van der Waals surface area contributed by atoms with Crippen LogP contribution >= 0.6 is 0 Å². The van der Waals surface area contributed by atoms with E-state index in [9.17, 15) is 4.79 Å². The van der Waals surface area contributed by atoms with Gasteiger partial charge in [0, 0.05) is 18.1 Å². The molecule has 0 bridgehead atoms. The first-order valence-electron chi connectivity index (χ1n) is 4.96. The molecule has 4 heteroatoms. The van der Waals surface area contributed by atoms with Crippen molar-refractivity contribution < 1.29 is 19.4 Å². The highest BCUT2D eigenvalue weighted by Gasteiger charge is 2.19. The molecule has 2 rings (SSSR count). The first-order valence-corrected chi connectivity index (χ1v) is 4.96. The van der Waals surface area contributed by atoms with Crippen molar-refractivity contribution in [2.75, 3.05) is 13.7 Å². The summed E-state index contributed by atoms with van der Waals surface area (Å²) in [6.45, 7) is 0.479. The highest BCUT2D eigenvalue weighted by molar-refractivity contribution is 5.91. The van der Waals surface area contributed by atoms with E-state index in [-0.39, 0.29) is 0 Å². The second-order valence-electron chi connectivity index (χ2n) is 3.44. The zero-order valence-electron chi connectivity index (χ0n) is 8.90.